The van der Waals surface area contributed by atoms with E-state index in [1.54, 1.807) is 28.4 Å². The van der Waals surface area contributed by atoms with Crippen LogP contribution in [0.5, 0.6) is 17.2 Å². The number of halogens is 2. The molecule has 0 spiro atoms. The Morgan fingerprint density at radius 1 is 0.926 bits per heavy atom. The van der Waals surface area contributed by atoms with Gasteiger partial charge in [-0.2, -0.15) is 0 Å². The van der Waals surface area contributed by atoms with Gasteiger partial charge < -0.3 is 24.8 Å². The summed E-state index contributed by atoms with van der Waals surface area (Å²) in [5.41, 5.74) is 1.99. The van der Waals surface area contributed by atoms with Crippen LogP contribution >= 0.6 is 35.6 Å². The summed E-state index contributed by atoms with van der Waals surface area (Å²) < 4.78 is 16.2. The average molecular weight is 506 g/mol. The molecule has 0 aliphatic heterocycles. The van der Waals surface area contributed by atoms with Crippen LogP contribution in [0.4, 0.5) is 0 Å². The van der Waals surface area contributed by atoms with E-state index >= 15 is 0 Å². The lowest BCUT2D eigenvalue weighted by atomic mass is 10.1. The van der Waals surface area contributed by atoms with E-state index in [-0.39, 0.29) is 24.0 Å². The number of methoxy groups -OCH3 is 3. The molecule has 2 aromatic carbocycles. The zero-order valence-corrected chi connectivity index (χ0v) is 18.9. The number of hydrogen-bond acceptors (Lipinski definition) is 4. The van der Waals surface area contributed by atoms with Gasteiger partial charge in [-0.3, -0.25) is 4.99 Å². The van der Waals surface area contributed by atoms with Gasteiger partial charge in [0.25, 0.3) is 0 Å². The summed E-state index contributed by atoms with van der Waals surface area (Å²) in [5.74, 6) is 2.70. The number of hydrogen-bond donors (Lipinski definition) is 2. The van der Waals surface area contributed by atoms with Gasteiger partial charge in [0, 0.05) is 30.7 Å². The lowest BCUT2D eigenvalue weighted by molar-refractivity contribution is 0.368. The molecule has 2 aromatic rings. The van der Waals surface area contributed by atoms with E-state index in [2.05, 4.69) is 15.6 Å². The Bertz CT molecular complexity index is 729. The summed E-state index contributed by atoms with van der Waals surface area (Å²) in [6, 6.07) is 11.3. The van der Waals surface area contributed by atoms with Crippen molar-refractivity contribution in [2.75, 3.05) is 28.4 Å². The lowest BCUT2D eigenvalue weighted by Crippen LogP contribution is -2.36. The predicted octanol–water partition coefficient (Wildman–Crippen LogP) is 3.85. The van der Waals surface area contributed by atoms with Crippen molar-refractivity contribution >= 4 is 41.5 Å². The highest BCUT2D eigenvalue weighted by Gasteiger charge is 2.13. The van der Waals surface area contributed by atoms with Crippen LogP contribution in [0.2, 0.25) is 5.02 Å². The Kier molecular flexibility index (Phi) is 10.1. The molecule has 0 aliphatic rings. The normalized spacial score (nSPS) is 10.6. The maximum absolute atomic E-state index is 5.91. The van der Waals surface area contributed by atoms with Gasteiger partial charge in [-0.05, 0) is 17.7 Å². The summed E-state index contributed by atoms with van der Waals surface area (Å²) in [4.78, 5) is 4.24. The molecule has 8 heteroatoms. The van der Waals surface area contributed by atoms with Crippen molar-refractivity contribution < 1.29 is 14.2 Å². The zero-order chi connectivity index (χ0) is 18.9. The summed E-state index contributed by atoms with van der Waals surface area (Å²) >= 11 is 5.91. The fourth-order valence-corrected chi connectivity index (χ4v) is 2.56. The van der Waals surface area contributed by atoms with Crippen LogP contribution in [0, 0.1) is 0 Å². The van der Waals surface area contributed by atoms with Crippen LogP contribution in [0.1, 0.15) is 11.1 Å². The Hall–Kier alpha value is -1.87. The van der Waals surface area contributed by atoms with E-state index < -0.39 is 0 Å². The molecule has 0 saturated carbocycles. The van der Waals surface area contributed by atoms with Crippen LogP contribution in [-0.4, -0.2) is 34.3 Å². The summed E-state index contributed by atoms with van der Waals surface area (Å²) in [5, 5.41) is 7.25. The number of aliphatic imine (C=N–C) groups is 1. The molecule has 0 aliphatic carbocycles. The largest absolute Gasteiger partial charge is 0.496 e. The third-order valence-corrected chi connectivity index (χ3v) is 4.10. The Labute approximate surface area is 182 Å². The molecule has 2 rings (SSSR count). The lowest BCUT2D eigenvalue weighted by Gasteiger charge is -2.17. The van der Waals surface area contributed by atoms with Crippen molar-refractivity contribution in [2.45, 2.75) is 13.1 Å². The fourth-order valence-electron chi connectivity index (χ4n) is 2.43. The van der Waals surface area contributed by atoms with Crippen LogP contribution in [-0.2, 0) is 13.1 Å². The smallest absolute Gasteiger partial charge is 0.191 e. The second-order valence-corrected chi connectivity index (χ2v) is 5.85. The molecule has 0 bridgehead atoms. The van der Waals surface area contributed by atoms with Gasteiger partial charge in [-0.15, -0.1) is 24.0 Å². The van der Waals surface area contributed by atoms with Gasteiger partial charge in [-0.25, -0.2) is 0 Å². The molecular formula is C19H25ClIN3O3. The maximum Gasteiger partial charge on any atom is 0.191 e. The van der Waals surface area contributed by atoms with E-state index in [9.17, 15) is 0 Å². The molecule has 0 fully saturated rings. The standard InChI is InChI=1S/C19H24ClN3O3.HI/c1-21-19(22-11-13-5-7-14(20)8-6-13)23-12-16-17(25-3)9-15(24-2)10-18(16)26-4;/h5-10H,11-12H2,1-4H3,(H2,21,22,23);1H. The molecule has 2 N–H and O–H groups in total. The number of nitrogens with one attached hydrogen (secondary N) is 2. The summed E-state index contributed by atoms with van der Waals surface area (Å²) in [7, 11) is 6.56. The molecule has 148 valence electrons. The first-order chi connectivity index (χ1) is 12.6. The molecule has 0 amide bonds. The van der Waals surface area contributed by atoms with Gasteiger partial charge in [0.05, 0.1) is 33.4 Å². The molecular weight excluding hydrogens is 481 g/mol. The van der Waals surface area contributed by atoms with E-state index in [4.69, 9.17) is 25.8 Å². The third-order valence-electron chi connectivity index (χ3n) is 3.85. The molecule has 0 radical (unpaired) electrons. The van der Waals surface area contributed by atoms with Gasteiger partial charge in [0.15, 0.2) is 5.96 Å². The predicted molar refractivity (Wildman–Crippen MR) is 120 cm³/mol. The number of rotatable bonds is 7. The van der Waals surface area contributed by atoms with Gasteiger partial charge in [0.1, 0.15) is 17.2 Å². The van der Waals surface area contributed by atoms with Crippen LogP contribution < -0.4 is 24.8 Å². The molecule has 0 heterocycles. The van der Waals surface area contributed by atoms with Gasteiger partial charge in [-0.1, -0.05) is 23.7 Å². The Morgan fingerprint density at radius 2 is 1.48 bits per heavy atom. The SMILES string of the molecule is CN=C(NCc1ccc(Cl)cc1)NCc1c(OC)cc(OC)cc1OC.I. The quantitative estimate of drug-likeness (QED) is 0.340. The van der Waals surface area contributed by atoms with Gasteiger partial charge in [0.2, 0.25) is 0 Å². The first-order valence-electron chi connectivity index (χ1n) is 8.09. The minimum atomic E-state index is 0. The highest BCUT2D eigenvalue weighted by molar-refractivity contribution is 14.0. The minimum absolute atomic E-state index is 0. The molecule has 6 nitrogen and oxygen atoms in total. The molecule has 27 heavy (non-hydrogen) atoms. The molecule has 0 aromatic heterocycles. The molecule has 0 atom stereocenters. The fraction of sp³-hybridized carbons (Fsp3) is 0.316. The van der Waals surface area contributed by atoms with Crippen LogP contribution in [0.3, 0.4) is 0 Å². The van der Waals surface area contributed by atoms with Crippen LogP contribution in [0.25, 0.3) is 0 Å². The van der Waals surface area contributed by atoms with Crippen molar-refractivity contribution in [1.29, 1.82) is 0 Å². The Balaban J connectivity index is 0.00000364. The topological polar surface area (TPSA) is 64.1 Å². The van der Waals surface area contributed by atoms with Crippen LogP contribution in [0.15, 0.2) is 41.4 Å². The third kappa shape index (κ3) is 6.66. The number of ether oxygens (including phenoxy) is 3. The first-order valence-corrected chi connectivity index (χ1v) is 8.47. The van der Waals surface area contributed by atoms with Crippen molar-refractivity contribution in [3.63, 3.8) is 0 Å². The zero-order valence-electron chi connectivity index (χ0n) is 15.8. The number of benzene rings is 2. The van der Waals surface area contributed by atoms with E-state index in [1.165, 1.54) is 0 Å². The highest BCUT2D eigenvalue weighted by Crippen LogP contribution is 2.33. The van der Waals surface area contributed by atoms with Gasteiger partial charge >= 0.3 is 0 Å². The van der Waals surface area contributed by atoms with Crippen molar-refractivity contribution in [3.05, 3.63) is 52.5 Å². The maximum atomic E-state index is 5.91. The second-order valence-electron chi connectivity index (χ2n) is 5.42. The molecule has 0 unspecified atom stereocenters. The minimum Gasteiger partial charge on any atom is -0.496 e. The monoisotopic (exact) mass is 505 g/mol. The number of nitrogens with zero attached hydrogens (tertiary/aromatic N) is 1. The first kappa shape index (κ1) is 23.2. The highest BCUT2D eigenvalue weighted by atomic mass is 127. The van der Waals surface area contributed by atoms with Crippen molar-refractivity contribution in [3.8, 4) is 17.2 Å². The van der Waals surface area contributed by atoms with Crippen molar-refractivity contribution in [2.24, 2.45) is 4.99 Å². The average Bonchev–Trinajstić information content (AvgIpc) is 2.68. The second kappa shape index (κ2) is 11.8. The number of guanidine groups is 1. The Morgan fingerprint density at radius 3 is 1.96 bits per heavy atom. The van der Waals surface area contributed by atoms with E-state index in [1.807, 2.05) is 36.4 Å². The molecule has 0 saturated heterocycles. The summed E-state index contributed by atoms with van der Waals surface area (Å²) in [6.45, 7) is 1.12. The van der Waals surface area contributed by atoms with E-state index in [0.717, 1.165) is 16.1 Å². The summed E-state index contributed by atoms with van der Waals surface area (Å²) in [6.07, 6.45) is 0. The van der Waals surface area contributed by atoms with E-state index in [0.29, 0.717) is 36.3 Å². The van der Waals surface area contributed by atoms with Crippen molar-refractivity contribution in [1.82, 2.24) is 10.6 Å².